The van der Waals surface area contributed by atoms with Crippen LogP contribution in [0.3, 0.4) is 0 Å². The Morgan fingerprint density at radius 2 is 0.712 bits per heavy atom. The van der Waals surface area contributed by atoms with Crippen molar-refractivity contribution in [3.63, 3.8) is 0 Å². The van der Waals surface area contributed by atoms with Crippen molar-refractivity contribution in [3.8, 4) is 6.07 Å². The number of unbranched alkanes of at least 4 members (excludes halogenated alkanes) is 17. The van der Waals surface area contributed by atoms with Gasteiger partial charge in [0.1, 0.15) is 75.4 Å². The molecule has 4 heterocycles. The topological polar surface area (TPSA) is 625 Å². The van der Waals surface area contributed by atoms with E-state index in [0.29, 0.717) is 124 Å². The zero-order valence-electron chi connectivity index (χ0n) is 89.4. The molecule has 6 amide bonds. The molecule has 45 nitrogen and oxygen atoms in total. The van der Waals surface area contributed by atoms with Crippen LogP contribution in [0.4, 0.5) is 0 Å². The van der Waals surface area contributed by atoms with E-state index >= 15 is 0 Å². The van der Waals surface area contributed by atoms with Crippen LogP contribution in [-0.4, -0.2) is 336 Å². The van der Waals surface area contributed by atoms with Crippen molar-refractivity contribution >= 4 is 85.8 Å². The van der Waals surface area contributed by atoms with E-state index < -0.39 is 149 Å². The number of ether oxygens (including phenoxy) is 15. The van der Waals surface area contributed by atoms with Crippen molar-refractivity contribution in [2.45, 2.75) is 422 Å². The van der Waals surface area contributed by atoms with Gasteiger partial charge in [0.2, 0.25) is 35.4 Å². The average molecular weight is 2120 g/mol. The zero-order valence-corrected chi connectivity index (χ0v) is 90.3. The average Bonchev–Trinajstić information content (AvgIpc) is 0.798. The molecule has 0 aromatic carbocycles. The van der Waals surface area contributed by atoms with Crippen LogP contribution in [0.1, 0.15) is 311 Å². The molecule has 0 aromatic heterocycles. The molecule has 0 aliphatic carbocycles. The minimum atomic E-state index is -1.22. The summed E-state index contributed by atoms with van der Waals surface area (Å²) in [5, 5.41) is 80.3. The highest BCUT2D eigenvalue weighted by molar-refractivity contribution is 7.44. The van der Waals surface area contributed by atoms with E-state index in [9.17, 15) is 72.5 Å². The van der Waals surface area contributed by atoms with Crippen LogP contribution in [-0.2, 0) is 142 Å². The van der Waals surface area contributed by atoms with E-state index in [4.69, 9.17) is 112 Å². The van der Waals surface area contributed by atoms with Crippen molar-refractivity contribution in [3.05, 3.63) is 0 Å². The predicted molar refractivity (Wildman–Crippen MR) is 538 cm³/mol. The summed E-state index contributed by atoms with van der Waals surface area (Å²) < 4.78 is 97.2. The Hall–Kier alpha value is -7.69. The number of aliphatic carboxylic acids is 1. The summed E-state index contributed by atoms with van der Waals surface area (Å²) in [4.78, 5) is 150. The highest BCUT2D eigenvalue weighted by atomic mass is 31.2. The molecule has 14 N–H and O–H groups in total. The second kappa shape index (κ2) is 85.9. The number of aliphatic hydroxyl groups excluding tert-OH is 5. The van der Waals surface area contributed by atoms with Crippen molar-refractivity contribution in [1.82, 2.24) is 36.6 Å². The number of aliphatic hydroxyl groups is 5. The standard InChI is InChI=1S/C34H61N4O10P.C25H44N2O9.C19H31NO9.C15H29NO7.C6H15NO.CH4/c1-24(2)38(25(3)4)49(46-22-16-18-35)45-21-15-10-9-13-19-36-31(42)17-12-11-14-20-43-34-32(37-27(6)39)26(5)33(47-29(8)41)30(48-34)23-44-28(7)40;1-17-23(27-18(2)29)25(36-21(16-34-19(3)30)24(17)35-20(4)31)33-15-11-7-8-12-22(32)26-13-9-5-6-10-14-28;1-11-17(20-12(2)21)19(26-9-7-5-6-8-16(24)25)29-15(10-27-13(3)22)18(11)28-14(4)23;1-10-13(19)14(20)11(8-17)23-15(10)22-7-5-3-4-6-12(18)16-9-21-2;7-5-3-1-2-4-6-8;/h24-26,30,32-34H,9-17,19-23H2,1-8H3,(H,36,42)(H,37,39);17,21,23-25,28H,5-16H2,1-4H3,(H,26,32)(H,27,29);11,15,17-19H,5-10H2,1-4H3,(H,20,21)(H,24,25);10-11,13-15,17,19-20H,3-9H2,1-2H3,(H,16,18);8H,1-7H2;1H4/t;;;10?,11?,13-,14+,15-;;/m...1../s1. The molecule has 4 rings (SSSR count). The lowest BCUT2D eigenvalue weighted by molar-refractivity contribution is -0.282. The van der Waals surface area contributed by atoms with Gasteiger partial charge in [-0.2, -0.15) is 5.26 Å². The number of nitrogens with two attached hydrogens (primary N) is 1. The first-order valence-electron chi connectivity index (χ1n) is 51.4. The number of carbonyl (C=O) groups excluding carboxylic acids is 12. The summed E-state index contributed by atoms with van der Waals surface area (Å²) in [5.41, 5.74) is 5.25. The zero-order chi connectivity index (χ0) is 109. The Bertz CT molecular complexity index is 3580. The van der Waals surface area contributed by atoms with Gasteiger partial charge in [-0.1, -0.05) is 99.3 Å². The summed E-state index contributed by atoms with van der Waals surface area (Å²) in [7, 11) is 0.302. The number of methoxy groups -OCH3 is 1. The van der Waals surface area contributed by atoms with E-state index in [-0.39, 0.29) is 125 Å². The number of carboxylic acid groups (broad SMARTS) is 1. The number of amides is 6. The van der Waals surface area contributed by atoms with Crippen LogP contribution >= 0.6 is 8.53 Å². The minimum Gasteiger partial charge on any atom is -0.481 e. The fraction of sp³-hybridized carbons (Fsp3) is 0.860. The second-order valence-corrected chi connectivity index (χ2v) is 38.2. The predicted octanol–water partition coefficient (Wildman–Crippen LogP) is 7.99. The van der Waals surface area contributed by atoms with Crippen LogP contribution in [0.2, 0.25) is 0 Å². The number of hydrogen-bond donors (Lipinski definition) is 13. The van der Waals surface area contributed by atoms with E-state index in [1.807, 2.05) is 13.8 Å². The van der Waals surface area contributed by atoms with Crippen LogP contribution in [0, 0.1) is 35.0 Å². The number of hydrogen-bond acceptors (Lipinski definition) is 38. The van der Waals surface area contributed by atoms with Gasteiger partial charge in [0.25, 0.3) is 8.53 Å². The molecule has 46 heteroatoms. The first-order chi connectivity index (χ1) is 69.0. The molecule has 0 bridgehead atoms. The molecule has 18 unspecified atom stereocenters. The van der Waals surface area contributed by atoms with Gasteiger partial charge in [0.15, 0.2) is 25.2 Å². The van der Waals surface area contributed by atoms with Crippen LogP contribution in [0.15, 0.2) is 0 Å². The maximum absolute atomic E-state index is 12.3. The van der Waals surface area contributed by atoms with Gasteiger partial charge < -0.3 is 148 Å². The molecule has 0 spiro atoms. The first kappa shape index (κ1) is 140. The second-order valence-electron chi connectivity index (χ2n) is 36.8. The largest absolute Gasteiger partial charge is 0.481 e. The van der Waals surface area contributed by atoms with Crippen molar-refractivity contribution in [1.29, 1.82) is 5.26 Å². The Kier molecular flexibility index (Phi) is 82.6. The van der Waals surface area contributed by atoms with Gasteiger partial charge in [-0.05, 0) is 124 Å². The van der Waals surface area contributed by atoms with Gasteiger partial charge in [0, 0.05) is 184 Å². The third kappa shape index (κ3) is 66.1. The molecule has 4 saturated heterocycles. The fourth-order valence-electron chi connectivity index (χ4n) is 15.8. The number of rotatable bonds is 68. The highest BCUT2D eigenvalue weighted by Crippen LogP contribution is 2.46. The number of carboxylic acids is 1. The number of nitrogens with one attached hydrogen (secondary N) is 6. The molecular formula is C100H184N9O36P. The molecule has 850 valence electrons. The quantitative estimate of drug-likeness (QED) is 0.00901. The lowest BCUT2D eigenvalue weighted by Gasteiger charge is -2.44. The van der Waals surface area contributed by atoms with Gasteiger partial charge in [-0.25, -0.2) is 4.67 Å². The molecule has 4 aliphatic rings. The molecule has 0 saturated carbocycles. The van der Waals surface area contributed by atoms with Gasteiger partial charge >= 0.3 is 41.8 Å². The fourth-order valence-corrected chi connectivity index (χ4v) is 17.4. The smallest absolute Gasteiger partial charge is 0.303 e. The number of nitriles is 1. The number of esters is 6. The lowest BCUT2D eigenvalue weighted by atomic mass is 9.88. The van der Waals surface area contributed by atoms with E-state index in [1.54, 1.807) is 13.8 Å². The normalized spacial score (nSPS) is 23.6. The summed E-state index contributed by atoms with van der Waals surface area (Å²) in [5.74, 6) is -6.17. The summed E-state index contributed by atoms with van der Waals surface area (Å²) >= 11 is 0. The van der Waals surface area contributed by atoms with Crippen LogP contribution in [0.5, 0.6) is 0 Å². The Labute approximate surface area is 866 Å². The minimum absolute atomic E-state index is 0. The van der Waals surface area contributed by atoms with Crippen LogP contribution < -0.4 is 37.6 Å². The van der Waals surface area contributed by atoms with Crippen molar-refractivity contribution in [2.75, 3.05) is 113 Å². The monoisotopic (exact) mass is 2120 g/mol. The third-order valence-electron chi connectivity index (χ3n) is 23.2. The number of nitrogens with zero attached hydrogens (tertiary/aromatic N) is 2. The van der Waals surface area contributed by atoms with E-state index in [2.05, 4.69) is 70.3 Å². The van der Waals surface area contributed by atoms with Gasteiger partial charge in [0.05, 0.1) is 56.5 Å². The molecule has 4 aliphatic heterocycles. The molecule has 146 heavy (non-hydrogen) atoms. The molecule has 21 atom stereocenters. The molecule has 0 aromatic rings. The molecular weight excluding hydrogens is 1930 g/mol. The van der Waals surface area contributed by atoms with Gasteiger partial charge in [-0.15, -0.1) is 0 Å². The molecule has 0 radical (unpaired) electrons. The van der Waals surface area contributed by atoms with Crippen molar-refractivity contribution < 1.29 is 173 Å². The number of carbonyl (C=O) groups is 13. The maximum Gasteiger partial charge on any atom is 0.303 e. The SMILES string of the molecule is C.CC(=O)NC1C(OCCCCCC(=O)NCCCCCCO)OC(COC(C)=O)C(OC(C)=O)C1C.CC(=O)NC1C(OCCCCCC(=O)NCCCCCCOP(OCCC#N)N(C(C)C)C(C)C)OC(COC(C)=O)C(OC(C)=O)C1C.CC(=O)NC1C(OCCCCCC(=O)O)OC(COC(C)=O)C(OC(C)=O)C1C.COCNC(=O)CCCCCO[C@@H]1OC(CO)[C@H](O)[C@H](O)C1C.NCCCCCCO. The lowest BCUT2D eigenvalue weighted by Crippen LogP contribution is -2.62. The maximum atomic E-state index is 12.3. The van der Waals surface area contributed by atoms with Crippen molar-refractivity contribution in [2.24, 2.45) is 29.4 Å². The summed E-state index contributed by atoms with van der Waals surface area (Å²) in [6.45, 7) is 31.9. The van der Waals surface area contributed by atoms with Crippen LogP contribution in [0.25, 0.3) is 0 Å². The highest BCUT2D eigenvalue weighted by Gasteiger charge is 2.51. The van der Waals surface area contributed by atoms with Gasteiger partial charge in [-0.3, -0.25) is 62.3 Å². The Balaban J connectivity index is 0. The van der Waals surface area contributed by atoms with E-state index in [0.717, 1.165) is 122 Å². The van der Waals surface area contributed by atoms with E-state index in [1.165, 1.54) is 69.4 Å². The molecule has 4 fully saturated rings. The first-order valence-corrected chi connectivity index (χ1v) is 52.5. The Morgan fingerprint density at radius 1 is 0.397 bits per heavy atom. The summed E-state index contributed by atoms with van der Waals surface area (Å²) in [6, 6.07) is 0.928. The third-order valence-corrected chi connectivity index (χ3v) is 25.3. The Morgan fingerprint density at radius 3 is 1.03 bits per heavy atom. The summed E-state index contributed by atoms with van der Waals surface area (Å²) in [6.07, 6.45) is 11.5.